The number of halogens is 2. The van der Waals surface area contributed by atoms with Crippen LogP contribution in [-0.2, 0) is 4.79 Å². The molecule has 0 aliphatic carbocycles. The van der Waals surface area contributed by atoms with Gasteiger partial charge in [0.15, 0.2) is 6.61 Å². The lowest BCUT2D eigenvalue weighted by atomic mass is 10.2. The average Bonchev–Trinajstić information content (AvgIpc) is 2.50. The predicted molar refractivity (Wildman–Crippen MR) is 95.9 cm³/mol. The van der Waals surface area contributed by atoms with Gasteiger partial charge in [-0.25, -0.2) is 5.43 Å². The minimum Gasteiger partial charge on any atom is -0.507 e. The first-order valence-electron chi connectivity index (χ1n) is 6.65. The zero-order chi connectivity index (χ0) is 16.8. The fraction of sp³-hybridized carbons (Fsp3) is 0.125. The number of phenolic OH excluding ortho intramolecular Hbond substituents is 1. The lowest BCUT2D eigenvalue weighted by molar-refractivity contribution is -0.123. The highest BCUT2D eigenvalue weighted by Gasteiger charge is 2.05. The number of amides is 1. The van der Waals surface area contributed by atoms with Crippen LogP contribution in [0.1, 0.15) is 11.1 Å². The van der Waals surface area contributed by atoms with E-state index in [-0.39, 0.29) is 18.3 Å². The standard InChI is InChI=1S/C16H14Br2N2O3/c1-10-3-2-4-12(5-10)23-9-16(22)20-19-8-11-6-15(21)14(18)7-13(11)17/h2-8,21H,9H2,1H3,(H,20,22). The van der Waals surface area contributed by atoms with Gasteiger partial charge in [-0.1, -0.05) is 28.1 Å². The summed E-state index contributed by atoms with van der Waals surface area (Å²) in [6, 6.07) is 10.6. The molecule has 5 nitrogen and oxygen atoms in total. The molecule has 0 unspecified atom stereocenters. The van der Waals surface area contributed by atoms with Gasteiger partial charge in [-0.2, -0.15) is 5.10 Å². The van der Waals surface area contributed by atoms with E-state index in [0.717, 1.165) is 10.0 Å². The first-order valence-corrected chi connectivity index (χ1v) is 8.23. The van der Waals surface area contributed by atoms with Gasteiger partial charge in [0.25, 0.3) is 5.91 Å². The lowest BCUT2D eigenvalue weighted by Crippen LogP contribution is -2.24. The van der Waals surface area contributed by atoms with E-state index >= 15 is 0 Å². The Kier molecular flexibility index (Phi) is 6.18. The van der Waals surface area contributed by atoms with Crippen LogP contribution in [-0.4, -0.2) is 23.8 Å². The summed E-state index contributed by atoms with van der Waals surface area (Å²) >= 11 is 6.56. The van der Waals surface area contributed by atoms with E-state index in [1.54, 1.807) is 12.1 Å². The Morgan fingerprint density at radius 2 is 2.09 bits per heavy atom. The summed E-state index contributed by atoms with van der Waals surface area (Å²) in [5, 5.41) is 13.5. The minimum absolute atomic E-state index is 0.0868. The Morgan fingerprint density at radius 3 is 2.83 bits per heavy atom. The number of phenols is 1. The fourth-order valence-corrected chi connectivity index (χ4v) is 2.81. The molecule has 0 bridgehead atoms. The summed E-state index contributed by atoms with van der Waals surface area (Å²) in [5.74, 6) is 0.341. The van der Waals surface area contributed by atoms with Crippen molar-refractivity contribution in [1.29, 1.82) is 0 Å². The van der Waals surface area contributed by atoms with E-state index in [9.17, 15) is 9.90 Å². The highest BCUT2D eigenvalue weighted by Crippen LogP contribution is 2.29. The lowest BCUT2D eigenvalue weighted by Gasteiger charge is -2.05. The number of carbonyl (C=O) groups is 1. The SMILES string of the molecule is Cc1cccc(OCC(=O)NN=Cc2cc(O)c(Br)cc2Br)c1. The van der Waals surface area contributed by atoms with Crippen molar-refractivity contribution in [2.45, 2.75) is 6.92 Å². The number of aromatic hydroxyl groups is 1. The van der Waals surface area contributed by atoms with E-state index in [1.807, 2.05) is 25.1 Å². The topological polar surface area (TPSA) is 70.9 Å². The van der Waals surface area contributed by atoms with Crippen LogP contribution in [0.5, 0.6) is 11.5 Å². The quantitative estimate of drug-likeness (QED) is 0.548. The van der Waals surface area contributed by atoms with Crippen molar-refractivity contribution in [2.24, 2.45) is 5.10 Å². The molecule has 120 valence electrons. The molecule has 0 aromatic heterocycles. The van der Waals surface area contributed by atoms with Crippen LogP contribution in [0.25, 0.3) is 0 Å². The molecular weight excluding hydrogens is 428 g/mol. The van der Waals surface area contributed by atoms with Crippen molar-refractivity contribution in [3.63, 3.8) is 0 Å². The molecule has 0 atom stereocenters. The molecule has 7 heteroatoms. The number of ether oxygens (including phenoxy) is 1. The molecule has 2 N–H and O–H groups in total. The summed E-state index contributed by atoms with van der Waals surface area (Å²) in [6.07, 6.45) is 1.43. The van der Waals surface area contributed by atoms with Crippen LogP contribution in [0.4, 0.5) is 0 Å². The van der Waals surface area contributed by atoms with Crippen LogP contribution < -0.4 is 10.2 Å². The number of nitrogens with one attached hydrogen (secondary N) is 1. The predicted octanol–water partition coefficient (Wildman–Crippen LogP) is 3.75. The first-order chi connectivity index (χ1) is 11.0. The number of hydrogen-bond acceptors (Lipinski definition) is 4. The second kappa shape index (κ2) is 8.12. The molecule has 0 aliphatic rings. The molecule has 2 aromatic carbocycles. The van der Waals surface area contributed by atoms with E-state index in [1.165, 1.54) is 12.3 Å². The molecule has 23 heavy (non-hydrogen) atoms. The molecule has 0 heterocycles. The second-order valence-electron chi connectivity index (χ2n) is 4.72. The Labute approximate surface area is 150 Å². The summed E-state index contributed by atoms with van der Waals surface area (Å²) in [4.78, 5) is 11.7. The van der Waals surface area contributed by atoms with Gasteiger partial charge in [0.05, 0.1) is 10.7 Å². The Bertz CT molecular complexity index is 748. The number of carbonyl (C=O) groups excluding carboxylic acids is 1. The molecule has 2 aromatic rings. The van der Waals surface area contributed by atoms with Crippen LogP contribution in [0.2, 0.25) is 0 Å². The van der Waals surface area contributed by atoms with E-state index in [2.05, 4.69) is 42.4 Å². The van der Waals surface area contributed by atoms with Crippen LogP contribution in [0.15, 0.2) is 50.4 Å². The smallest absolute Gasteiger partial charge is 0.277 e. The molecule has 1 amide bonds. The third kappa shape index (κ3) is 5.37. The Balaban J connectivity index is 1.88. The van der Waals surface area contributed by atoms with Crippen molar-refractivity contribution >= 4 is 44.0 Å². The zero-order valence-corrected chi connectivity index (χ0v) is 15.4. The number of rotatable bonds is 5. The fourth-order valence-electron chi connectivity index (χ4n) is 1.71. The molecule has 0 radical (unpaired) electrons. The maximum atomic E-state index is 11.7. The second-order valence-corrected chi connectivity index (χ2v) is 6.43. The average molecular weight is 442 g/mol. The normalized spacial score (nSPS) is 10.7. The highest BCUT2D eigenvalue weighted by molar-refractivity contribution is 9.11. The molecule has 0 aliphatic heterocycles. The molecule has 0 saturated carbocycles. The molecule has 0 spiro atoms. The molecule has 2 rings (SSSR count). The van der Waals surface area contributed by atoms with Crippen molar-refractivity contribution in [3.8, 4) is 11.5 Å². The van der Waals surface area contributed by atoms with E-state index < -0.39 is 0 Å². The number of benzene rings is 2. The van der Waals surface area contributed by atoms with E-state index in [0.29, 0.717) is 15.8 Å². The van der Waals surface area contributed by atoms with Crippen molar-refractivity contribution in [1.82, 2.24) is 5.43 Å². The highest BCUT2D eigenvalue weighted by atomic mass is 79.9. The first kappa shape index (κ1) is 17.5. The monoisotopic (exact) mass is 440 g/mol. The van der Waals surface area contributed by atoms with Gasteiger partial charge in [-0.3, -0.25) is 4.79 Å². The van der Waals surface area contributed by atoms with Gasteiger partial charge in [0.2, 0.25) is 0 Å². The van der Waals surface area contributed by atoms with Crippen molar-refractivity contribution in [2.75, 3.05) is 6.61 Å². The third-order valence-electron chi connectivity index (χ3n) is 2.82. The Morgan fingerprint density at radius 1 is 1.30 bits per heavy atom. The van der Waals surface area contributed by atoms with Crippen LogP contribution in [0.3, 0.4) is 0 Å². The van der Waals surface area contributed by atoms with Gasteiger partial charge in [-0.15, -0.1) is 0 Å². The number of nitrogens with zero attached hydrogens (tertiary/aromatic N) is 1. The minimum atomic E-state index is -0.375. The number of aryl methyl sites for hydroxylation is 1. The largest absolute Gasteiger partial charge is 0.507 e. The summed E-state index contributed by atoms with van der Waals surface area (Å²) < 4.78 is 6.67. The number of hydrogen-bond donors (Lipinski definition) is 2. The maximum absolute atomic E-state index is 11.7. The summed E-state index contributed by atoms with van der Waals surface area (Å²) in [6.45, 7) is 1.82. The number of hydrazone groups is 1. The summed E-state index contributed by atoms with van der Waals surface area (Å²) in [5.41, 5.74) is 4.06. The van der Waals surface area contributed by atoms with Gasteiger partial charge in [-0.05, 0) is 52.7 Å². The van der Waals surface area contributed by atoms with Gasteiger partial charge in [0, 0.05) is 10.0 Å². The van der Waals surface area contributed by atoms with Gasteiger partial charge in [0.1, 0.15) is 11.5 Å². The zero-order valence-electron chi connectivity index (χ0n) is 12.2. The molecule has 0 fully saturated rings. The van der Waals surface area contributed by atoms with E-state index in [4.69, 9.17) is 4.74 Å². The maximum Gasteiger partial charge on any atom is 0.277 e. The summed E-state index contributed by atoms with van der Waals surface area (Å²) in [7, 11) is 0. The van der Waals surface area contributed by atoms with Crippen LogP contribution >= 0.6 is 31.9 Å². The van der Waals surface area contributed by atoms with Crippen molar-refractivity contribution < 1.29 is 14.6 Å². The Hall–Kier alpha value is -1.86. The van der Waals surface area contributed by atoms with Crippen molar-refractivity contribution in [3.05, 3.63) is 56.5 Å². The third-order valence-corrected chi connectivity index (χ3v) is 4.14. The van der Waals surface area contributed by atoms with Gasteiger partial charge >= 0.3 is 0 Å². The molecular formula is C16H14Br2N2O3. The molecule has 0 saturated heterocycles. The van der Waals surface area contributed by atoms with Gasteiger partial charge < -0.3 is 9.84 Å². The van der Waals surface area contributed by atoms with Crippen LogP contribution in [0, 0.1) is 6.92 Å².